The highest BCUT2D eigenvalue weighted by atomic mass is 16.5. The molecule has 1 aliphatic carbocycles. The van der Waals surface area contributed by atoms with Crippen molar-refractivity contribution in [3.63, 3.8) is 0 Å². The number of benzene rings is 1. The van der Waals surface area contributed by atoms with Gasteiger partial charge < -0.3 is 4.52 Å². The second-order valence-electron chi connectivity index (χ2n) is 5.11. The third kappa shape index (κ3) is 2.17. The van der Waals surface area contributed by atoms with Gasteiger partial charge >= 0.3 is 0 Å². The lowest BCUT2D eigenvalue weighted by molar-refractivity contribution is 0.385. The summed E-state index contributed by atoms with van der Waals surface area (Å²) in [6.07, 6.45) is 6.33. The summed E-state index contributed by atoms with van der Waals surface area (Å²) >= 11 is 0. The average molecular weight is 242 g/mol. The van der Waals surface area contributed by atoms with Crippen LogP contribution < -0.4 is 0 Å². The van der Waals surface area contributed by atoms with Crippen LogP contribution in [0.25, 0.3) is 11.5 Å². The molecule has 1 aromatic carbocycles. The van der Waals surface area contributed by atoms with Gasteiger partial charge in [-0.3, -0.25) is 0 Å². The largest absolute Gasteiger partial charge is 0.334 e. The summed E-state index contributed by atoms with van der Waals surface area (Å²) in [5, 5.41) is 4.17. The first kappa shape index (κ1) is 11.5. The quantitative estimate of drug-likeness (QED) is 0.796. The van der Waals surface area contributed by atoms with Crippen LogP contribution in [-0.4, -0.2) is 10.1 Å². The lowest BCUT2D eigenvalue weighted by Crippen LogP contribution is -2.06. The molecule has 0 radical (unpaired) electrons. The van der Waals surface area contributed by atoms with Crippen molar-refractivity contribution in [3.8, 4) is 11.5 Å². The van der Waals surface area contributed by atoms with Crippen LogP contribution in [0.3, 0.4) is 0 Å². The molecular formula is C15H18N2O. The summed E-state index contributed by atoms with van der Waals surface area (Å²) in [6, 6.07) is 8.14. The van der Waals surface area contributed by atoms with Gasteiger partial charge in [-0.15, -0.1) is 0 Å². The molecule has 3 nitrogen and oxygen atoms in total. The van der Waals surface area contributed by atoms with Crippen LogP contribution in [0.15, 0.2) is 28.8 Å². The fourth-order valence-electron chi connectivity index (χ4n) is 2.68. The summed E-state index contributed by atoms with van der Waals surface area (Å²) < 4.78 is 5.42. The van der Waals surface area contributed by atoms with Crippen molar-refractivity contribution in [2.24, 2.45) is 0 Å². The van der Waals surface area contributed by atoms with Gasteiger partial charge in [0.1, 0.15) is 0 Å². The molecule has 1 saturated carbocycles. The molecule has 0 unspecified atom stereocenters. The Balaban J connectivity index is 1.87. The highest BCUT2D eigenvalue weighted by Gasteiger charge is 2.21. The SMILES string of the molecule is Cc1ccccc1-c1nc(C2CCCCC2)no1. The van der Waals surface area contributed by atoms with Crippen molar-refractivity contribution in [2.75, 3.05) is 0 Å². The monoisotopic (exact) mass is 242 g/mol. The summed E-state index contributed by atoms with van der Waals surface area (Å²) in [5.74, 6) is 2.06. The molecule has 1 aromatic heterocycles. The molecule has 0 aliphatic heterocycles. The van der Waals surface area contributed by atoms with Crippen molar-refractivity contribution in [3.05, 3.63) is 35.7 Å². The van der Waals surface area contributed by atoms with Crippen LogP contribution in [-0.2, 0) is 0 Å². The summed E-state index contributed by atoms with van der Waals surface area (Å²) in [7, 11) is 0. The highest BCUT2D eigenvalue weighted by Crippen LogP contribution is 2.32. The summed E-state index contributed by atoms with van der Waals surface area (Å²) in [5.41, 5.74) is 2.23. The Morgan fingerprint density at radius 3 is 2.67 bits per heavy atom. The second kappa shape index (κ2) is 4.92. The van der Waals surface area contributed by atoms with E-state index < -0.39 is 0 Å². The van der Waals surface area contributed by atoms with E-state index >= 15 is 0 Å². The molecule has 94 valence electrons. The minimum atomic E-state index is 0.500. The smallest absolute Gasteiger partial charge is 0.258 e. The van der Waals surface area contributed by atoms with E-state index in [1.165, 1.54) is 37.7 Å². The Kier molecular flexibility index (Phi) is 3.13. The molecule has 0 N–H and O–H groups in total. The molecule has 0 saturated heterocycles. The zero-order valence-electron chi connectivity index (χ0n) is 10.7. The molecule has 2 aromatic rings. The topological polar surface area (TPSA) is 38.9 Å². The maximum Gasteiger partial charge on any atom is 0.258 e. The molecule has 1 fully saturated rings. The second-order valence-corrected chi connectivity index (χ2v) is 5.11. The van der Waals surface area contributed by atoms with E-state index in [2.05, 4.69) is 23.1 Å². The normalized spacial score (nSPS) is 16.9. The number of hydrogen-bond acceptors (Lipinski definition) is 3. The molecular weight excluding hydrogens is 224 g/mol. The molecule has 0 atom stereocenters. The lowest BCUT2D eigenvalue weighted by Gasteiger charge is -2.17. The van der Waals surface area contributed by atoms with Crippen LogP contribution in [0.2, 0.25) is 0 Å². The first-order chi connectivity index (χ1) is 8.84. The zero-order valence-corrected chi connectivity index (χ0v) is 10.7. The van der Waals surface area contributed by atoms with E-state index in [1.807, 2.05) is 18.2 Å². The number of nitrogens with zero attached hydrogens (tertiary/aromatic N) is 2. The predicted molar refractivity (Wildman–Crippen MR) is 70.3 cm³/mol. The Bertz CT molecular complexity index is 527. The average Bonchev–Trinajstić information content (AvgIpc) is 2.90. The molecule has 0 amide bonds. The van der Waals surface area contributed by atoms with E-state index in [0.29, 0.717) is 11.8 Å². The van der Waals surface area contributed by atoms with Gasteiger partial charge in [0, 0.05) is 11.5 Å². The fraction of sp³-hybridized carbons (Fsp3) is 0.467. The summed E-state index contributed by atoms with van der Waals surface area (Å²) in [6.45, 7) is 2.07. The van der Waals surface area contributed by atoms with Gasteiger partial charge in [0.05, 0.1) is 0 Å². The van der Waals surface area contributed by atoms with Crippen LogP contribution in [0, 0.1) is 6.92 Å². The molecule has 0 spiro atoms. The third-order valence-electron chi connectivity index (χ3n) is 3.79. The lowest BCUT2D eigenvalue weighted by atomic mass is 9.89. The van der Waals surface area contributed by atoms with E-state index in [1.54, 1.807) is 0 Å². The van der Waals surface area contributed by atoms with Crippen molar-refractivity contribution >= 4 is 0 Å². The van der Waals surface area contributed by atoms with Gasteiger partial charge in [-0.1, -0.05) is 42.6 Å². The van der Waals surface area contributed by atoms with Crippen molar-refractivity contribution < 1.29 is 4.52 Å². The van der Waals surface area contributed by atoms with Crippen LogP contribution in [0.5, 0.6) is 0 Å². The fourth-order valence-corrected chi connectivity index (χ4v) is 2.68. The molecule has 18 heavy (non-hydrogen) atoms. The first-order valence-electron chi connectivity index (χ1n) is 6.74. The van der Waals surface area contributed by atoms with Gasteiger partial charge in [-0.2, -0.15) is 4.98 Å². The van der Waals surface area contributed by atoms with E-state index in [-0.39, 0.29) is 0 Å². The predicted octanol–water partition coefficient (Wildman–Crippen LogP) is 4.09. The van der Waals surface area contributed by atoms with E-state index in [9.17, 15) is 0 Å². The van der Waals surface area contributed by atoms with Crippen LogP contribution in [0.1, 0.15) is 49.4 Å². The highest BCUT2D eigenvalue weighted by molar-refractivity contribution is 5.57. The van der Waals surface area contributed by atoms with Gasteiger partial charge in [0.15, 0.2) is 5.82 Å². The maximum atomic E-state index is 5.42. The minimum Gasteiger partial charge on any atom is -0.334 e. The first-order valence-corrected chi connectivity index (χ1v) is 6.74. The van der Waals surface area contributed by atoms with Crippen molar-refractivity contribution in [1.29, 1.82) is 0 Å². The number of aryl methyl sites for hydroxylation is 1. The van der Waals surface area contributed by atoms with Gasteiger partial charge in [0.2, 0.25) is 0 Å². The molecule has 1 heterocycles. The minimum absolute atomic E-state index is 0.500. The maximum absolute atomic E-state index is 5.42. The van der Waals surface area contributed by atoms with Crippen LogP contribution in [0.4, 0.5) is 0 Å². The zero-order chi connectivity index (χ0) is 12.4. The van der Waals surface area contributed by atoms with Crippen molar-refractivity contribution in [1.82, 2.24) is 10.1 Å². The van der Waals surface area contributed by atoms with Gasteiger partial charge in [-0.05, 0) is 31.4 Å². The number of aromatic nitrogens is 2. The Labute approximate surface area is 107 Å². The standard InChI is InChI=1S/C15H18N2O/c1-11-7-5-6-10-13(11)15-16-14(17-18-15)12-8-3-2-4-9-12/h5-7,10,12H,2-4,8-9H2,1H3. The molecule has 3 heteroatoms. The van der Waals surface area contributed by atoms with E-state index in [0.717, 1.165) is 11.4 Å². The Morgan fingerprint density at radius 1 is 1.11 bits per heavy atom. The summed E-state index contributed by atoms with van der Waals surface area (Å²) in [4.78, 5) is 4.59. The Morgan fingerprint density at radius 2 is 1.89 bits per heavy atom. The molecule has 0 bridgehead atoms. The molecule has 3 rings (SSSR count). The van der Waals surface area contributed by atoms with Crippen LogP contribution >= 0.6 is 0 Å². The van der Waals surface area contributed by atoms with Gasteiger partial charge in [-0.25, -0.2) is 0 Å². The number of rotatable bonds is 2. The number of hydrogen-bond donors (Lipinski definition) is 0. The van der Waals surface area contributed by atoms with E-state index in [4.69, 9.17) is 4.52 Å². The molecule has 1 aliphatic rings. The third-order valence-corrected chi connectivity index (χ3v) is 3.79. The van der Waals surface area contributed by atoms with Gasteiger partial charge in [0.25, 0.3) is 5.89 Å². The Hall–Kier alpha value is -1.64. The van der Waals surface area contributed by atoms with Crippen molar-refractivity contribution in [2.45, 2.75) is 44.9 Å².